The van der Waals surface area contributed by atoms with Gasteiger partial charge in [0.1, 0.15) is 0 Å². The molecule has 0 N–H and O–H groups in total. The van der Waals surface area contributed by atoms with Crippen LogP contribution < -0.4 is 5.01 Å². The van der Waals surface area contributed by atoms with E-state index in [2.05, 4.69) is 24.2 Å². The molecule has 0 saturated carbocycles. The fourth-order valence-corrected chi connectivity index (χ4v) is 1.85. The van der Waals surface area contributed by atoms with Crippen LogP contribution in [0.4, 0.5) is 5.69 Å². The summed E-state index contributed by atoms with van der Waals surface area (Å²) in [6.07, 6.45) is 2.66. The number of hydrazone groups is 1. The maximum Gasteiger partial charge on any atom is 0.253 e. The third kappa shape index (κ3) is 2.13. The molecule has 1 amide bonds. The number of anilines is 1. The topological polar surface area (TPSA) is 32.7 Å². The smallest absolute Gasteiger partial charge is 0.253 e. The molecule has 0 unspecified atom stereocenters. The quantitative estimate of drug-likeness (QED) is 0.764. The average molecular weight is 216 g/mol. The highest BCUT2D eigenvalue weighted by molar-refractivity contribution is 6.12. The van der Waals surface area contributed by atoms with Gasteiger partial charge in [-0.25, -0.2) is 5.01 Å². The van der Waals surface area contributed by atoms with Gasteiger partial charge in [0, 0.05) is 5.71 Å². The van der Waals surface area contributed by atoms with Gasteiger partial charge in [0.2, 0.25) is 0 Å². The zero-order valence-electron chi connectivity index (χ0n) is 9.73. The molecule has 16 heavy (non-hydrogen) atoms. The number of aryl methyl sites for hydroxylation is 1. The summed E-state index contributed by atoms with van der Waals surface area (Å²) >= 11 is 0. The predicted molar refractivity (Wildman–Crippen MR) is 65.6 cm³/mol. The molecular weight excluding hydrogens is 200 g/mol. The van der Waals surface area contributed by atoms with E-state index in [1.807, 2.05) is 19.1 Å². The minimum Gasteiger partial charge on any atom is -0.272 e. The first-order valence-corrected chi connectivity index (χ1v) is 5.66. The minimum absolute atomic E-state index is 0.0562. The van der Waals surface area contributed by atoms with Crippen molar-refractivity contribution < 1.29 is 4.79 Å². The Morgan fingerprint density at radius 1 is 1.31 bits per heavy atom. The van der Waals surface area contributed by atoms with E-state index in [1.54, 1.807) is 0 Å². The molecule has 1 aromatic carbocycles. The van der Waals surface area contributed by atoms with Crippen molar-refractivity contribution in [3.8, 4) is 0 Å². The highest BCUT2D eigenvalue weighted by Gasteiger charge is 2.22. The van der Waals surface area contributed by atoms with Crippen LogP contribution in [0.25, 0.3) is 0 Å². The Morgan fingerprint density at radius 3 is 2.50 bits per heavy atom. The van der Waals surface area contributed by atoms with Gasteiger partial charge in [0.15, 0.2) is 0 Å². The third-order valence-corrected chi connectivity index (χ3v) is 2.63. The molecule has 0 aromatic heterocycles. The first-order chi connectivity index (χ1) is 7.70. The Hall–Kier alpha value is -1.64. The summed E-state index contributed by atoms with van der Waals surface area (Å²) < 4.78 is 0. The van der Waals surface area contributed by atoms with Crippen molar-refractivity contribution in [3.63, 3.8) is 0 Å². The Bertz CT molecular complexity index is 420. The average Bonchev–Trinajstić information content (AvgIpc) is 2.59. The Morgan fingerprint density at radius 2 is 2.00 bits per heavy atom. The molecule has 0 fully saturated rings. The number of hydrogen-bond acceptors (Lipinski definition) is 2. The number of carbonyl (C=O) groups is 1. The van der Waals surface area contributed by atoms with Gasteiger partial charge >= 0.3 is 0 Å². The van der Waals surface area contributed by atoms with Crippen LogP contribution in [0.1, 0.15) is 32.3 Å². The molecule has 3 nitrogen and oxygen atoms in total. The molecule has 0 aliphatic carbocycles. The SMILES string of the molecule is CCCc1ccc(N2N=C(C)CC2=O)cc1. The fraction of sp³-hybridized carbons (Fsp3) is 0.385. The van der Waals surface area contributed by atoms with E-state index in [4.69, 9.17) is 0 Å². The summed E-state index contributed by atoms with van der Waals surface area (Å²) in [5, 5.41) is 5.71. The van der Waals surface area contributed by atoms with Crippen LogP contribution in [0, 0.1) is 0 Å². The third-order valence-electron chi connectivity index (χ3n) is 2.63. The van der Waals surface area contributed by atoms with E-state index in [0.717, 1.165) is 24.2 Å². The van der Waals surface area contributed by atoms with Crippen molar-refractivity contribution >= 4 is 17.3 Å². The highest BCUT2D eigenvalue weighted by atomic mass is 16.2. The first-order valence-electron chi connectivity index (χ1n) is 5.66. The number of hydrogen-bond donors (Lipinski definition) is 0. The van der Waals surface area contributed by atoms with E-state index in [9.17, 15) is 4.79 Å². The zero-order chi connectivity index (χ0) is 11.5. The van der Waals surface area contributed by atoms with Gasteiger partial charge in [-0.1, -0.05) is 25.5 Å². The van der Waals surface area contributed by atoms with Crippen LogP contribution in [-0.2, 0) is 11.2 Å². The van der Waals surface area contributed by atoms with Crippen molar-refractivity contribution in [1.29, 1.82) is 0 Å². The zero-order valence-corrected chi connectivity index (χ0v) is 9.73. The largest absolute Gasteiger partial charge is 0.272 e. The molecule has 1 aromatic rings. The molecule has 0 bridgehead atoms. The van der Waals surface area contributed by atoms with Crippen molar-refractivity contribution in [2.75, 3.05) is 5.01 Å². The van der Waals surface area contributed by atoms with Crippen molar-refractivity contribution in [2.45, 2.75) is 33.1 Å². The summed E-state index contributed by atoms with van der Waals surface area (Å²) in [5.41, 5.74) is 3.04. The van der Waals surface area contributed by atoms with Crippen molar-refractivity contribution in [2.24, 2.45) is 5.10 Å². The number of carbonyl (C=O) groups excluding carboxylic acids is 1. The normalized spacial score (nSPS) is 15.5. The molecule has 0 radical (unpaired) electrons. The lowest BCUT2D eigenvalue weighted by Gasteiger charge is -2.12. The number of benzene rings is 1. The summed E-state index contributed by atoms with van der Waals surface area (Å²) in [6.45, 7) is 4.04. The van der Waals surface area contributed by atoms with E-state index >= 15 is 0 Å². The molecule has 0 atom stereocenters. The Balaban J connectivity index is 2.19. The molecule has 2 rings (SSSR count). The van der Waals surface area contributed by atoms with Gasteiger partial charge in [-0.3, -0.25) is 4.79 Å². The van der Waals surface area contributed by atoms with Crippen LogP contribution in [-0.4, -0.2) is 11.6 Å². The first kappa shape index (κ1) is 10.9. The van der Waals surface area contributed by atoms with E-state index < -0.39 is 0 Å². The van der Waals surface area contributed by atoms with Crippen LogP contribution >= 0.6 is 0 Å². The lowest BCUT2D eigenvalue weighted by Crippen LogP contribution is -2.19. The van der Waals surface area contributed by atoms with E-state index in [-0.39, 0.29) is 5.91 Å². The second-order valence-corrected chi connectivity index (χ2v) is 4.13. The maximum absolute atomic E-state index is 11.6. The van der Waals surface area contributed by atoms with Crippen LogP contribution in [0.15, 0.2) is 29.4 Å². The highest BCUT2D eigenvalue weighted by Crippen LogP contribution is 2.21. The monoisotopic (exact) mass is 216 g/mol. The fourth-order valence-electron chi connectivity index (χ4n) is 1.85. The molecular formula is C13H16N2O. The molecule has 0 saturated heterocycles. The van der Waals surface area contributed by atoms with Gasteiger partial charge in [-0.2, -0.15) is 5.10 Å². The summed E-state index contributed by atoms with van der Waals surface area (Å²) in [5.74, 6) is 0.0562. The second-order valence-electron chi connectivity index (χ2n) is 4.13. The van der Waals surface area contributed by atoms with Gasteiger partial charge < -0.3 is 0 Å². The van der Waals surface area contributed by atoms with Crippen molar-refractivity contribution in [3.05, 3.63) is 29.8 Å². The standard InChI is InChI=1S/C13H16N2O/c1-3-4-11-5-7-12(8-6-11)15-13(16)9-10(2)14-15/h5-8H,3-4,9H2,1-2H3. The second kappa shape index (κ2) is 4.47. The summed E-state index contributed by atoms with van der Waals surface area (Å²) in [6, 6.07) is 8.06. The van der Waals surface area contributed by atoms with Gasteiger partial charge in [0.25, 0.3) is 5.91 Å². The van der Waals surface area contributed by atoms with Gasteiger partial charge in [0.05, 0.1) is 12.1 Å². The minimum atomic E-state index is 0.0562. The van der Waals surface area contributed by atoms with E-state index in [1.165, 1.54) is 10.6 Å². The Labute approximate surface area is 95.8 Å². The molecule has 1 aliphatic rings. The maximum atomic E-state index is 11.6. The molecule has 84 valence electrons. The van der Waals surface area contributed by atoms with Gasteiger partial charge in [-0.15, -0.1) is 0 Å². The molecule has 3 heteroatoms. The molecule has 1 heterocycles. The predicted octanol–water partition coefficient (Wildman–Crippen LogP) is 2.75. The lowest BCUT2D eigenvalue weighted by molar-refractivity contribution is -0.116. The summed E-state index contributed by atoms with van der Waals surface area (Å²) in [7, 11) is 0. The van der Waals surface area contributed by atoms with Crippen LogP contribution in [0.2, 0.25) is 0 Å². The number of rotatable bonds is 3. The number of nitrogens with zero attached hydrogens (tertiary/aromatic N) is 2. The summed E-state index contributed by atoms with van der Waals surface area (Å²) in [4.78, 5) is 11.6. The lowest BCUT2D eigenvalue weighted by atomic mass is 10.1. The van der Waals surface area contributed by atoms with Gasteiger partial charge in [-0.05, 0) is 31.0 Å². The van der Waals surface area contributed by atoms with Crippen LogP contribution in [0.3, 0.4) is 0 Å². The number of amides is 1. The van der Waals surface area contributed by atoms with Crippen LogP contribution in [0.5, 0.6) is 0 Å². The molecule has 1 aliphatic heterocycles. The van der Waals surface area contributed by atoms with E-state index in [0.29, 0.717) is 6.42 Å². The Kier molecular flexibility index (Phi) is 3.04. The van der Waals surface area contributed by atoms with Crippen molar-refractivity contribution in [1.82, 2.24) is 0 Å². The molecule has 0 spiro atoms.